The molecular formula is C17H12N4O3. The van der Waals surface area contributed by atoms with E-state index in [0.717, 1.165) is 11.3 Å². The molecule has 3 rings (SSSR count). The minimum absolute atomic E-state index is 0.478. The Balaban J connectivity index is 1.87. The number of nitrogens with zero attached hydrogens (tertiary/aromatic N) is 3. The number of amides is 1. The number of aromatic nitrogens is 2. The minimum Gasteiger partial charge on any atom is -0.481 e. The van der Waals surface area contributed by atoms with Crippen LogP contribution >= 0.6 is 0 Å². The van der Waals surface area contributed by atoms with Gasteiger partial charge in [0.05, 0.1) is 17.3 Å². The van der Waals surface area contributed by atoms with E-state index < -0.39 is 18.3 Å². The van der Waals surface area contributed by atoms with E-state index in [0.29, 0.717) is 16.9 Å². The van der Waals surface area contributed by atoms with Crippen molar-refractivity contribution in [2.24, 2.45) is 0 Å². The van der Waals surface area contributed by atoms with Crippen LogP contribution in [0.5, 0.6) is 0 Å². The monoisotopic (exact) mass is 320 g/mol. The van der Waals surface area contributed by atoms with Crippen LogP contribution in [-0.2, 0) is 9.59 Å². The zero-order valence-electron chi connectivity index (χ0n) is 12.4. The SMILES string of the molecule is N#Cc1ccc(-c2cn3ccc(NC(=O)CC(=O)O)cc3n2)cc1. The maximum Gasteiger partial charge on any atom is 0.312 e. The average Bonchev–Trinajstić information content (AvgIpc) is 2.97. The van der Waals surface area contributed by atoms with E-state index in [4.69, 9.17) is 10.4 Å². The molecule has 1 aromatic carbocycles. The van der Waals surface area contributed by atoms with E-state index in [2.05, 4.69) is 16.4 Å². The minimum atomic E-state index is -1.18. The number of carbonyl (C=O) groups excluding carboxylic acids is 1. The van der Waals surface area contributed by atoms with Crippen LogP contribution in [0.4, 0.5) is 5.69 Å². The van der Waals surface area contributed by atoms with Gasteiger partial charge in [0.2, 0.25) is 5.91 Å². The Morgan fingerprint density at radius 1 is 1.25 bits per heavy atom. The third kappa shape index (κ3) is 3.23. The molecule has 2 aromatic heterocycles. The standard InChI is InChI=1S/C17H12N4O3/c18-9-11-1-3-12(4-2-11)14-10-21-6-5-13(7-15(21)20-14)19-16(22)8-17(23)24/h1-7,10H,8H2,(H,19,22)(H,23,24). The topological polar surface area (TPSA) is 107 Å². The second-order valence-electron chi connectivity index (χ2n) is 5.11. The first-order valence-corrected chi connectivity index (χ1v) is 7.06. The molecule has 2 heterocycles. The molecule has 3 aromatic rings. The fourth-order valence-corrected chi connectivity index (χ4v) is 2.26. The predicted molar refractivity (Wildman–Crippen MR) is 86.2 cm³/mol. The van der Waals surface area contributed by atoms with Crippen molar-refractivity contribution >= 4 is 23.2 Å². The van der Waals surface area contributed by atoms with Crippen LogP contribution in [-0.4, -0.2) is 26.4 Å². The van der Waals surface area contributed by atoms with Crippen molar-refractivity contribution < 1.29 is 14.7 Å². The molecule has 0 saturated heterocycles. The maximum atomic E-state index is 11.5. The summed E-state index contributed by atoms with van der Waals surface area (Å²) in [6.07, 6.45) is 2.97. The molecule has 7 heteroatoms. The quantitative estimate of drug-likeness (QED) is 0.717. The van der Waals surface area contributed by atoms with Gasteiger partial charge in [-0.15, -0.1) is 0 Å². The van der Waals surface area contributed by atoms with Gasteiger partial charge in [0.1, 0.15) is 12.1 Å². The third-order valence-corrected chi connectivity index (χ3v) is 3.37. The lowest BCUT2D eigenvalue weighted by molar-refractivity contribution is -0.139. The van der Waals surface area contributed by atoms with Crippen molar-refractivity contribution in [1.82, 2.24) is 9.38 Å². The second kappa shape index (κ2) is 6.22. The molecule has 0 fully saturated rings. The van der Waals surface area contributed by atoms with Crippen molar-refractivity contribution in [3.05, 3.63) is 54.4 Å². The molecule has 0 atom stereocenters. The van der Waals surface area contributed by atoms with Gasteiger partial charge >= 0.3 is 5.97 Å². The molecule has 0 unspecified atom stereocenters. The van der Waals surface area contributed by atoms with Crippen molar-refractivity contribution in [3.8, 4) is 17.3 Å². The number of rotatable bonds is 4. The Morgan fingerprint density at radius 3 is 2.67 bits per heavy atom. The maximum absolute atomic E-state index is 11.5. The zero-order valence-corrected chi connectivity index (χ0v) is 12.4. The number of hydrogen-bond donors (Lipinski definition) is 2. The summed E-state index contributed by atoms with van der Waals surface area (Å²) >= 11 is 0. The lowest BCUT2D eigenvalue weighted by Gasteiger charge is -2.03. The summed E-state index contributed by atoms with van der Waals surface area (Å²) in [5, 5.41) is 20.0. The number of nitrogens with one attached hydrogen (secondary N) is 1. The Morgan fingerprint density at radius 2 is 2.00 bits per heavy atom. The molecule has 0 radical (unpaired) electrons. The van der Waals surface area contributed by atoms with Gasteiger partial charge in [0.15, 0.2) is 0 Å². The van der Waals surface area contributed by atoms with Gasteiger partial charge in [-0.2, -0.15) is 5.26 Å². The molecule has 0 bridgehead atoms. The average molecular weight is 320 g/mol. The summed E-state index contributed by atoms with van der Waals surface area (Å²) in [5.74, 6) is -1.77. The number of anilines is 1. The molecule has 0 aliphatic heterocycles. The number of carboxylic acids is 1. The molecule has 7 nitrogen and oxygen atoms in total. The third-order valence-electron chi connectivity index (χ3n) is 3.37. The molecule has 0 aliphatic carbocycles. The van der Waals surface area contributed by atoms with Crippen LogP contribution < -0.4 is 5.32 Å². The fourth-order valence-electron chi connectivity index (χ4n) is 2.26. The van der Waals surface area contributed by atoms with Crippen LogP contribution in [0.3, 0.4) is 0 Å². The fraction of sp³-hybridized carbons (Fsp3) is 0.0588. The first-order valence-electron chi connectivity index (χ1n) is 7.06. The summed E-state index contributed by atoms with van der Waals surface area (Å²) in [7, 11) is 0. The normalized spacial score (nSPS) is 10.3. The van der Waals surface area contributed by atoms with E-state index in [1.165, 1.54) is 0 Å². The lowest BCUT2D eigenvalue weighted by Crippen LogP contribution is -2.15. The summed E-state index contributed by atoms with van der Waals surface area (Å²) in [6, 6.07) is 12.5. The van der Waals surface area contributed by atoms with Gasteiger partial charge < -0.3 is 14.8 Å². The number of fused-ring (bicyclic) bond motifs is 1. The number of nitriles is 1. The first-order chi connectivity index (χ1) is 11.5. The highest BCUT2D eigenvalue weighted by molar-refractivity contribution is 6.01. The molecule has 1 amide bonds. The summed E-state index contributed by atoms with van der Waals surface area (Å²) < 4.78 is 1.79. The van der Waals surface area contributed by atoms with Crippen molar-refractivity contribution in [2.75, 3.05) is 5.32 Å². The number of pyridine rings is 1. The number of imidazole rings is 1. The Bertz CT molecular complexity index is 968. The van der Waals surface area contributed by atoms with Crippen LogP contribution in [0, 0.1) is 11.3 Å². The van der Waals surface area contributed by atoms with Gasteiger partial charge in [-0.05, 0) is 18.2 Å². The highest BCUT2D eigenvalue weighted by atomic mass is 16.4. The molecular weight excluding hydrogens is 308 g/mol. The van der Waals surface area contributed by atoms with Gasteiger partial charge in [0, 0.05) is 29.7 Å². The second-order valence-corrected chi connectivity index (χ2v) is 5.11. The molecule has 0 saturated carbocycles. The van der Waals surface area contributed by atoms with Gasteiger partial charge in [-0.3, -0.25) is 9.59 Å². The molecule has 0 aliphatic rings. The van der Waals surface area contributed by atoms with Crippen molar-refractivity contribution in [1.29, 1.82) is 5.26 Å². The lowest BCUT2D eigenvalue weighted by atomic mass is 10.1. The number of carboxylic acid groups (broad SMARTS) is 1. The molecule has 0 spiro atoms. The number of carbonyl (C=O) groups is 2. The van der Waals surface area contributed by atoms with Gasteiger partial charge in [-0.1, -0.05) is 12.1 Å². The predicted octanol–water partition coefficient (Wildman–Crippen LogP) is 2.29. The number of hydrogen-bond acceptors (Lipinski definition) is 4. The molecule has 24 heavy (non-hydrogen) atoms. The Hall–Kier alpha value is -3.66. The van der Waals surface area contributed by atoms with E-state index in [-0.39, 0.29) is 0 Å². The first kappa shape index (κ1) is 15.2. The van der Waals surface area contributed by atoms with E-state index in [9.17, 15) is 9.59 Å². The molecule has 118 valence electrons. The Labute approximate surface area is 136 Å². The van der Waals surface area contributed by atoms with E-state index in [1.54, 1.807) is 34.9 Å². The van der Waals surface area contributed by atoms with Gasteiger partial charge in [0.25, 0.3) is 0 Å². The smallest absolute Gasteiger partial charge is 0.312 e. The van der Waals surface area contributed by atoms with Crippen LogP contribution in [0.2, 0.25) is 0 Å². The summed E-state index contributed by atoms with van der Waals surface area (Å²) in [5.41, 5.74) is 3.27. The van der Waals surface area contributed by atoms with Crippen LogP contribution in [0.15, 0.2) is 48.8 Å². The summed E-state index contributed by atoms with van der Waals surface area (Å²) in [6.45, 7) is 0. The number of benzene rings is 1. The highest BCUT2D eigenvalue weighted by Gasteiger charge is 2.09. The van der Waals surface area contributed by atoms with Crippen molar-refractivity contribution in [2.45, 2.75) is 6.42 Å². The van der Waals surface area contributed by atoms with Crippen LogP contribution in [0.25, 0.3) is 16.9 Å². The van der Waals surface area contributed by atoms with Crippen molar-refractivity contribution in [3.63, 3.8) is 0 Å². The van der Waals surface area contributed by atoms with E-state index in [1.807, 2.05) is 18.3 Å². The highest BCUT2D eigenvalue weighted by Crippen LogP contribution is 2.21. The largest absolute Gasteiger partial charge is 0.481 e. The zero-order chi connectivity index (χ0) is 17.1. The van der Waals surface area contributed by atoms with Gasteiger partial charge in [-0.25, -0.2) is 4.98 Å². The van der Waals surface area contributed by atoms with E-state index >= 15 is 0 Å². The summed E-state index contributed by atoms with van der Waals surface area (Å²) in [4.78, 5) is 26.5. The number of aliphatic carboxylic acids is 1. The Kier molecular flexibility index (Phi) is 3.95. The molecule has 2 N–H and O–H groups in total. The van der Waals surface area contributed by atoms with Crippen LogP contribution in [0.1, 0.15) is 12.0 Å².